The van der Waals surface area contributed by atoms with Gasteiger partial charge in [0.2, 0.25) is 0 Å². The number of nitrogens with one attached hydrogen (secondary N) is 1. The second kappa shape index (κ2) is 5.67. The van der Waals surface area contributed by atoms with E-state index in [1.54, 1.807) is 7.11 Å². The van der Waals surface area contributed by atoms with Crippen molar-refractivity contribution in [2.75, 3.05) is 12.4 Å². The molecule has 1 heterocycles. The lowest BCUT2D eigenvalue weighted by Gasteiger charge is -2.06. The van der Waals surface area contributed by atoms with Crippen LogP contribution >= 0.6 is 0 Å². The highest BCUT2D eigenvalue weighted by Gasteiger charge is 2.28. The van der Waals surface area contributed by atoms with Crippen LogP contribution in [0.5, 0.6) is 5.75 Å². The number of anilines is 1. The lowest BCUT2D eigenvalue weighted by molar-refractivity contribution is 0.102. The summed E-state index contributed by atoms with van der Waals surface area (Å²) in [6.07, 6.45) is 2.42. The summed E-state index contributed by atoms with van der Waals surface area (Å²) in [6, 6.07) is 13.0. The van der Waals surface area contributed by atoms with Crippen molar-refractivity contribution in [2.45, 2.75) is 18.8 Å². The number of aromatic nitrogens is 2. The fraction of sp³-hybridized carbons (Fsp3) is 0.263. The topological polar surface area (TPSA) is 56.1 Å². The number of methoxy groups -OCH3 is 1. The molecule has 1 aliphatic rings. The highest BCUT2D eigenvalue weighted by molar-refractivity contribution is 6.06. The van der Waals surface area contributed by atoms with Crippen LogP contribution < -0.4 is 10.1 Å². The molecule has 0 radical (unpaired) electrons. The standard InChI is InChI=1S/C19H19N3O2/c1-22-17-10-5-13(11-16(17)21-18(22)12-3-4-12)19(23)20-14-6-8-15(24-2)9-7-14/h5-12H,3-4H2,1-2H3,(H,20,23). The molecule has 0 atom stereocenters. The van der Waals surface area contributed by atoms with E-state index in [0.29, 0.717) is 11.5 Å². The number of ether oxygens (including phenoxy) is 1. The van der Waals surface area contributed by atoms with E-state index in [2.05, 4.69) is 9.88 Å². The molecule has 1 N–H and O–H groups in total. The molecule has 1 aromatic heterocycles. The zero-order chi connectivity index (χ0) is 16.7. The summed E-state index contributed by atoms with van der Waals surface area (Å²) in [7, 11) is 3.66. The molecule has 122 valence electrons. The molecule has 0 unspecified atom stereocenters. The van der Waals surface area contributed by atoms with Crippen molar-refractivity contribution in [2.24, 2.45) is 7.05 Å². The molecule has 5 heteroatoms. The van der Waals surface area contributed by atoms with Crippen molar-refractivity contribution in [3.8, 4) is 5.75 Å². The quantitative estimate of drug-likeness (QED) is 0.797. The van der Waals surface area contributed by atoms with Gasteiger partial charge in [0.1, 0.15) is 11.6 Å². The number of nitrogens with zero attached hydrogens (tertiary/aromatic N) is 2. The fourth-order valence-electron chi connectivity index (χ4n) is 2.94. The number of aryl methyl sites for hydroxylation is 1. The molecular weight excluding hydrogens is 302 g/mol. The zero-order valence-corrected chi connectivity index (χ0v) is 13.7. The Labute approximate surface area is 140 Å². The molecule has 0 bridgehead atoms. The highest BCUT2D eigenvalue weighted by atomic mass is 16.5. The maximum absolute atomic E-state index is 12.5. The molecule has 0 spiro atoms. The zero-order valence-electron chi connectivity index (χ0n) is 13.7. The maximum Gasteiger partial charge on any atom is 0.255 e. The minimum absolute atomic E-state index is 0.138. The Kier molecular flexibility index (Phi) is 3.49. The van der Waals surface area contributed by atoms with Gasteiger partial charge in [-0.15, -0.1) is 0 Å². The van der Waals surface area contributed by atoms with E-state index in [1.807, 2.05) is 49.5 Å². The Morgan fingerprint density at radius 2 is 1.96 bits per heavy atom. The Balaban J connectivity index is 1.59. The summed E-state index contributed by atoms with van der Waals surface area (Å²) in [5.41, 5.74) is 3.29. The predicted octanol–water partition coefficient (Wildman–Crippen LogP) is 3.71. The normalized spacial score (nSPS) is 13.9. The first-order valence-electron chi connectivity index (χ1n) is 8.07. The van der Waals surface area contributed by atoms with E-state index in [9.17, 15) is 4.79 Å². The molecule has 1 aliphatic carbocycles. The molecule has 24 heavy (non-hydrogen) atoms. The second-order valence-corrected chi connectivity index (χ2v) is 6.19. The third-order valence-corrected chi connectivity index (χ3v) is 4.47. The van der Waals surface area contributed by atoms with Crippen LogP contribution in [0.4, 0.5) is 5.69 Å². The van der Waals surface area contributed by atoms with Gasteiger partial charge in [0.05, 0.1) is 18.1 Å². The lowest BCUT2D eigenvalue weighted by atomic mass is 10.2. The van der Waals surface area contributed by atoms with Gasteiger partial charge in [0.15, 0.2) is 0 Å². The van der Waals surface area contributed by atoms with Crippen molar-refractivity contribution in [3.05, 3.63) is 53.9 Å². The van der Waals surface area contributed by atoms with Gasteiger partial charge >= 0.3 is 0 Å². The van der Waals surface area contributed by atoms with Gasteiger partial charge in [0.25, 0.3) is 5.91 Å². The highest BCUT2D eigenvalue weighted by Crippen LogP contribution is 2.40. The van der Waals surface area contributed by atoms with Crippen LogP contribution in [-0.4, -0.2) is 22.6 Å². The number of benzene rings is 2. The van der Waals surface area contributed by atoms with E-state index >= 15 is 0 Å². The van der Waals surface area contributed by atoms with Gasteiger partial charge < -0.3 is 14.6 Å². The van der Waals surface area contributed by atoms with Crippen LogP contribution in [0, 0.1) is 0 Å². The van der Waals surface area contributed by atoms with Crippen LogP contribution in [0.15, 0.2) is 42.5 Å². The Bertz CT molecular complexity index is 908. The van der Waals surface area contributed by atoms with Crippen molar-refractivity contribution in [1.82, 2.24) is 9.55 Å². The molecular formula is C19H19N3O2. The Morgan fingerprint density at radius 1 is 1.21 bits per heavy atom. The van der Waals surface area contributed by atoms with Crippen molar-refractivity contribution >= 4 is 22.6 Å². The summed E-state index contributed by atoms with van der Waals surface area (Å²) >= 11 is 0. The van der Waals surface area contributed by atoms with E-state index in [4.69, 9.17) is 9.72 Å². The number of imidazole rings is 1. The number of carbonyl (C=O) groups excluding carboxylic acids is 1. The summed E-state index contributed by atoms with van der Waals surface area (Å²) in [5.74, 6) is 2.33. The monoisotopic (exact) mass is 321 g/mol. The van der Waals surface area contributed by atoms with E-state index in [-0.39, 0.29) is 5.91 Å². The van der Waals surface area contributed by atoms with Gasteiger partial charge in [-0.2, -0.15) is 0 Å². The fourth-order valence-corrected chi connectivity index (χ4v) is 2.94. The first kappa shape index (κ1) is 14.8. The molecule has 1 saturated carbocycles. The number of hydrogen-bond donors (Lipinski definition) is 1. The van der Waals surface area contributed by atoms with E-state index in [0.717, 1.165) is 28.3 Å². The molecule has 0 aliphatic heterocycles. The summed E-state index contributed by atoms with van der Waals surface area (Å²) in [4.78, 5) is 17.2. The van der Waals surface area contributed by atoms with Crippen LogP contribution in [0.2, 0.25) is 0 Å². The van der Waals surface area contributed by atoms with Gasteiger partial charge in [-0.3, -0.25) is 4.79 Å². The first-order chi connectivity index (χ1) is 11.7. The summed E-state index contributed by atoms with van der Waals surface area (Å²) in [6.45, 7) is 0. The molecule has 0 saturated heterocycles. The lowest BCUT2D eigenvalue weighted by Crippen LogP contribution is -2.11. The number of rotatable bonds is 4. The molecule has 3 aromatic rings. The Morgan fingerprint density at radius 3 is 2.62 bits per heavy atom. The van der Waals surface area contributed by atoms with Gasteiger partial charge in [-0.25, -0.2) is 4.98 Å². The molecule has 2 aromatic carbocycles. The number of amides is 1. The maximum atomic E-state index is 12.5. The SMILES string of the molecule is COc1ccc(NC(=O)c2ccc3c(c2)nc(C2CC2)n3C)cc1. The predicted molar refractivity (Wildman–Crippen MR) is 93.6 cm³/mol. The van der Waals surface area contributed by atoms with Crippen LogP contribution in [0.25, 0.3) is 11.0 Å². The molecule has 1 amide bonds. The second-order valence-electron chi connectivity index (χ2n) is 6.19. The first-order valence-corrected chi connectivity index (χ1v) is 8.07. The summed E-state index contributed by atoms with van der Waals surface area (Å²) < 4.78 is 7.26. The van der Waals surface area contributed by atoms with Gasteiger partial charge in [-0.1, -0.05) is 0 Å². The van der Waals surface area contributed by atoms with E-state index in [1.165, 1.54) is 12.8 Å². The van der Waals surface area contributed by atoms with Crippen molar-refractivity contribution in [3.63, 3.8) is 0 Å². The third-order valence-electron chi connectivity index (χ3n) is 4.47. The smallest absolute Gasteiger partial charge is 0.255 e. The minimum atomic E-state index is -0.138. The van der Waals surface area contributed by atoms with Crippen LogP contribution in [-0.2, 0) is 7.05 Å². The van der Waals surface area contributed by atoms with Crippen molar-refractivity contribution < 1.29 is 9.53 Å². The van der Waals surface area contributed by atoms with Gasteiger partial charge in [0, 0.05) is 24.2 Å². The van der Waals surface area contributed by atoms with Crippen LogP contribution in [0.3, 0.4) is 0 Å². The number of carbonyl (C=O) groups is 1. The average Bonchev–Trinajstić information content (AvgIpc) is 3.40. The Hall–Kier alpha value is -2.82. The van der Waals surface area contributed by atoms with Crippen LogP contribution in [0.1, 0.15) is 34.9 Å². The minimum Gasteiger partial charge on any atom is -0.497 e. The molecule has 5 nitrogen and oxygen atoms in total. The molecule has 4 rings (SSSR count). The summed E-state index contributed by atoms with van der Waals surface area (Å²) in [5, 5.41) is 2.90. The van der Waals surface area contributed by atoms with Gasteiger partial charge in [-0.05, 0) is 55.3 Å². The number of fused-ring (bicyclic) bond motifs is 1. The molecule has 1 fully saturated rings. The van der Waals surface area contributed by atoms with E-state index < -0.39 is 0 Å². The van der Waals surface area contributed by atoms with Crippen molar-refractivity contribution in [1.29, 1.82) is 0 Å². The largest absolute Gasteiger partial charge is 0.497 e. The third kappa shape index (κ3) is 2.62. The number of hydrogen-bond acceptors (Lipinski definition) is 3. The average molecular weight is 321 g/mol.